The molecule has 0 spiro atoms. The second-order valence-electron chi connectivity index (χ2n) is 5.72. The lowest BCUT2D eigenvalue weighted by Gasteiger charge is -2.34. The van der Waals surface area contributed by atoms with E-state index in [2.05, 4.69) is 22.7 Å². The van der Waals surface area contributed by atoms with Crippen LogP contribution in [0.2, 0.25) is 0 Å². The van der Waals surface area contributed by atoms with Crippen LogP contribution in [0.3, 0.4) is 0 Å². The number of rotatable bonds is 6. The highest BCUT2D eigenvalue weighted by atomic mass is 16.5. The van der Waals surface area contributed by atoms with Gasteiger partial charge in [-0.1, -0.05) is 18.5 Å². The Morgan fingerprint density at radius 1 is 1.30 bits per heavy atom. The number of hydrogen-bond donors (Lipinski definition) is 2. The topological polar surface area (TPSA) is 90.7 Å². The molecule has 128 valence electrons. The van der Waals surface area contributed by atoms with Crippen molar-refractivity contribution in [3.8, 4) is 0 Å². The average molecular weight is 323 g/mol. The number of hydrogen-bond acceptors (Lipinski definition) is 5. The van der Waals surface area contributed by atoms with Gasteiger partial charge in [0, 0.05) is 38.8 Å². The third-order valence-corrected chi connectivity index (χ3v) is 3.73. The fourth-order valence-corrected chi connectivity index (χ4v) is 2.40. The van der Waals surface area contributed by atoms with Crippen LogP contribution in [0.25, 0.3) is 0 Å². The minimum atomic E-state index is -0.126. The summed E-state index contributed by atoms with van der Waals surface area (Å²) >= 11 is 0. The van der Waals surface area contributed by atoms with Crippen LogP contribution >= 0.6 is 0 Å². The van der Waals surface area contributed by atoms with Gasteiger partial charge in [0.25, 0.3) is 0 Å². The smallest absolute Gasteiger partial charge is 0.317 e. The molecule has 1 saturated heterocycles. The number of anilines is 1. The van der Waals surface area contributed by atoms with Crippen molar-refractivity contribution in [1.82, 2.24) is 20.3 Å². The first-order chi connectivity index (χ1) is 11.1. The summed E-state index contributed by atoms with van der Waals surface area (Å²) in [6.45, 7) is 7.51. The molecule has 1 fully saturated rings. The van der Waals surface area contributed by atoms with E-state index in [1.165, 1.54) is 0 Å². The Morgan fingerprint density at radius 3 is 2.65 bits per heavy atom. The third kappa shape index (κ3) is 5.55. The summed E-state index contributed by atoms with van der Waals surface area (Å²) in [4.78, 5) is 27.7. The summed E-state index contributed by atoms with van der Waals surface area (Å²) in [5.41, 5.74) is 0. The van der Waals surface area contributed by atoms with Gasteiger partial charge < -0.3 is 20.1 Å². The number of urea groups is 1. The molecule has 2 heterocycles. The highest BCUT2D eigenvalue weighted by Crippen LogP contribution is 2.07. The summed E-state index contributed by atoms with van der Waals surface area (Å²) in [5.74, 6) is 0.962. The molecule has 2 rings (SSSR count). The molecule has 2 N–H and O–H groups in total. The highest BCUT2D eigenvalue weighted by molar-refractivity contribution is 5.91. The SMILES string of the molecule is CCCCNC(=O)N1CCN(CC(=O)Nc2cc(C)on2)CC1. The summed E-state index contributed by atoms with van der Waals surface area (Å²) in [6.07, 6.45) is 2.06. The van der Waals surface area contributed by atoms with Crippen LogP contribution in [0.4, 0.5) is 10.6 Å². The quantitative estimate of drug-likeness (QED) is 0.764. The molecule has 3 amide bonds. The Balaban J connectivity index is 1.67. The van der Waals surface area contributed by atoms with E-state index in [0.29, 0.717) is 37.8 Å². The second kappa shape index (κ2) is 8.52. The Bertz CT molecular complexity index is 523. The highest BCUT2D eigenvalue weighted by Gasteiger charge is 2.22. The predicted molar refractivity (Wildman–Crippen MR) is 86.2 cm³/mol. The fraction of sp³-hybridized carbons (Fsp3) is 0.667. The Kier molecular flexibility index (Phi) is 6.40. The maximum Gasteiger partial charge on any atom is 0.317 e. The van der Waals surface area contributed by atoms with E-state index in [1.807, 2.05) is 4.90 Å². The lowest BCUT2D eigenvalue weighted by Crippen LogP contribution is -2.53. The first-order valence-corrected chi connectivity index (χ1v) is 8.06. The molecule has 0 saturated carbocycles. The molecule has 23 heavy (non-hydrogen) atoms. The predicted octanol–water partition coefficient (Wildman–Crippen LogP) is 1.05. The molecule has 0 unspecified atom stereocenters. The fourth-order valence-electron chi connectivity index (χ4n) is 2.40. The molecule has 8 heteroatoms. The Labute approximate surface area is 136 Å². The molecule has 1 aromatic heterocycles. The summed E-state index contributed by atoms with van der Waals surface area (Å²) in [7, 11) is 0. The molecular weight excluding hydrogens is 298 g/mol. The van der Waals surface area contributed by atoms with Crippen LogP contribution in [-0.2, 0) is 4.79 Å². The monoisotopic (exact) mass is 323 g/mol. The van der Waals surface area contributed by atoms with Crippen molar-refractivity contribution >= 4 is 17.8 Å². The molecule has 0 aliphatic carbocycles. The zero-order valence-electron chi connectivity index (χ0n) is 13.8. The van der Waals surface area contributed by atoms with Gasteiger partial charge in [-0.05, 0) is 13.3 Å². The van der Waals surface area contributed by atoms with Gasteiger partial charge in [0.2, 0.25) is 5.91 Å². The van der Waals surface area contributed by atoms with Gasteiger partial charge >= 0.3 is 6.03 Å². The molecule has 0 radical (unpaired) electrons. The van der Waals surface area contributed by atoms with E-state index >= 15 is 0 Å². The van der Waals surface area contributed by atoms with E-state index in [9.17, 15) is 9.59 Å². The zero-order chi connectivity index (χ0) is 16.7. The maximum absolute atomic E-state index is 12.0. The van der Waals surface area contributed by atoms with Crippen LogP contribution in [-0.4, -0.2) is 66.2 Å². The maximum atomic E-state index is 12.0. The second-order valence-corrected chi connectivity index (χ2v) is 5.72. The van der Waals surface area contributed by atoms with Crippen LogP contribution in [0.5, 0.6) is 0 Å². The Morgan fingerprint density at radius 2 is 2.04 bits per heavy atom. The summed E-state index contributed by atoms with van der Waals surface area (Å²) in [6, 6.07) is 1.66. The first-order valence-electron chi connectivity index (χ1n) is 8.06. The van der Waals surface area contributed by atoms with Crippen LogP contribution in [0, 0.1) is 6.92 Å². The minimum Gasteiger partial charge on any atom is -0.360 e. The van der Waals surface area contributed by atoms with Crippen LogP contribution in [0.15, 0.2) is 10.6 Å². The molecule has 1 aliphatic heterocycles. The zero-order valence-corrected chi connectivity index (χ0v) is 13.8. The number of nitrogens with one attached hydrogen (secondary N) is 2. The van der Waals surface area contributed by atoms with Gasteiger partial charge in [-0.2, -0.15) is 0 Å². The van der Waals surface area contributed by atoms with Gasteiger partial charge in [-0.25, -0.2) is 4.79 Å². The van der Waals surface area contributed by atoms with Crippen molar-refractivity contribution in [2.75, 3.05) is 44.6 Å². The van der Waals surface area contributed by atoms with Crippen molar-refractivity contribution in [2.45, 2.75) is 26.7 Å². The number of carbonyl (C=O) groups is 2. The molecule has 0 bridgehead atoms. The van der Waals surface area contributed by atoms with Crippen molar-refractivity contribution in [1.29, 1.82) is 0 Å². The number of nitrogens with zero attached hydrogens (tertiary/aromatic N) is 3. The molecule has 0 aromatic carbocycles. The van der Waals surface area contributed by atoms with Gasteiger partial charge in [0.1, 0.15) is 5.76 Å². The van der Waals surface area contributed by atoms with Crippen LogP contribution in [0.1, 0.15) is 25.5 Å². The van der Waals surface area contributed by atoms with Crippen molar-refractivity contribution in [3.05, 3.63) is 11.8 Å². The minimum absolute atomic E-state index is 0.0133. The largest absolute Gasteiger partial charge is 0.360 e. The number of piperazine rings is 1. The third-order valence-electron chi connectivity index (χ3n) is 3.73. The lowest BCUT2D eigenvalue weighted by molar-refractivity contribution is -0.117. The molecule has 8 nitrogen and oxygen atoms in total. The summed E-state index contributed by atoms with van der Waals surface area (Å²) in [5, 5.41) is 9.35. The molecule has 0 atom stereocenters. The first kappa shape index (κ1) is 17.3. The van der Waals surface area contributed by atoms with E-state index in [0.717, 1.165) is 19.4 Å². The number of carbonyl (C=O) groups excluding carboxylic acids is 2. The molecular formula is C15H25N5O3. The standard InChI is InChI=1S/C15H25N5O3/c1-3-4-5-16-15(22)20-8-6-19(7-9-20)11-14(21)17-13-10-12(2)23-18-13/h10H,3-9,11H2,1-2H3,(H,16,22)(H,17,18,21). The number of aromatic nitrogens is 1. The van der Waals surface area contributed by atoms with Gasteiger partial charge in [0.05, 0.1) is 6.54 Å². The Hall–Kier alpha value is -2.09. The number of unbranched alkanes of at least 4 members (excludes halogenated alkanes) is 1. The van der Waals surface area contributed by atoms with Gasteiger partial charge in [0.15, 0.2) is 5.82 Å². The molecule has 1 aromatic rings. The average Bonchev–Trinajstić information content (AvgIpc) is 2.93. The number of amides is 3. The van der Waals surface area contributed by atoms with E-state index < -0.39 is 0 Å². The van der Waals surface area contributed by atoms with Crippen molar-refractivity contribution in [2.24, 2.45) is 0 Å². The van der Waals surface area contributed by atoms with Crippen LogP contribution < -0.4 is 10.6 Å². The van der Waals surface area contributed by atoms with Crippen molar-refractivity contribution < 1.29 is 14.1 Å². The normalized spacial score (nSPS) is 15.5. The number of aryl methyl sites for hydroxylation is 1. The van der Waals surface area contributed by atoms with Crippen molar-refractivity contribution in [3.63, 3.8) is 0 Å². The van der Waals surface area contributed by atoms with E-state index in [-0.39, 0.29) is 18.5 Å². The van der Waals surface area contributed by atoms with E-state index in [1.54, 1.807) is 17.9 Å². The van der Waals surface area contributed by atoms with E-state index in [4.69, 9.17) is 4.52 Å². The molecule has 1 aliphatic rings. The lowest BCUT2D eigenvalue weighted by atomic mass is 10.3. The van der Waals surface area contributed by atoms with Gasteiger partial charge in [-0.3, -0.25) is 9.69 Å². The summed E-state index contributed by atoms with van der Waals surface area (Å²) < 4.78 is 4.91. The van der Waals surface area contributed by atoms with Gasteiger partial charge in [-0.15, -0.1) is 0 Å².